The zero-order chi connectivity index (χ0) is 13.4. The van der Waals surface area contributed by atoms with Crippen LogP contribution in [0.25, 0.3) is 0 Å². The van der Waals surface area contributed by atoms with Gasteiger partial charge in [-0.25, -0.2) is 0 Å². The molecule has 0 heterocycles. The number of carbonyl (C=O) groups is 1. The summed E-state index contributed by atoms with van der Waals surface area (Å²) < 4.78 is 5.11. The molecule has 18 heavy (non-hydrogen) atoms. The fourth-order valence-electron chi connectivity index (χ4n) is 2.19. The summed E-state index contributed by atoms with van der Waals surface area (Å²) >= 11 is 0. The van der Waals surface area contributed by atoms with Crippen LogP contribution >= 0.6 is 0 Å². The van der Waals surface area contributed by atoms with Gasteiger partial charge in [0.25, 0.3) is 0 Å². The van der Waals surface area contributed by atoms with Crippen molar-refractivity contribution >= 4 is 5.91 Å². The molecule has 4 nitrogen and oxygen atoms in total. The third-order valence-corrected chi connectivity index (χ3v) is 3.98. The van der Waals surface area contributed by atoms with Gasteiger partial charge in [-0.05, 0) is 50.0 Å². The van der Waals surface area contributed by atoms with E-state index in [1.807, 2.05) is 0 Å². The topological polar surface area (TPSA) is 64.3 Å². The molecule has 3 N–H and O–H groups in total. The normalized spacial score (nSPS) is 18.4. The number of nitrogens with one attached hydrogen (secondary N) is 1. The monoisotopic (exact) mass is 256 g/mol. The fourth-order valence-corrected chi connectivity index (χ4v) is 2.19. The first-order valence-electron chi connectivity index (χ1n) is 7.07. The number of methoxy groups -OCH3 is 1. The van der Waals surface area contributed by atoms with Crippen LogP contribution in [0.15, 0.2) is 0 Å². The fraction of sp³-hybridized carbons (Fsp3) is 0.929. The van der Waals surface area contributed by atoms with Gasteiger partial charge in [0.05, 0.1) is 0 Å². The van der Waals surface area contributed by atoms with Gasteiger partial charge in [-0.3, -0.25) is 4.79 Å². The second-order valence-electron chi connectivity index (χ2n) is 5.74. The second-order valence-corrected chi connectivity index (χ2v) is 5.74. The second kappa shape index (κ2) is 7.74. The van der Waals surface area contributed by atoms with E-state index in [0.29, 0.717) is 24.3 Å². The third-order valence-electron chi connectivity index (χ3n) is 3.98. The standard InChI is InChI=1S/C14H28N2O2/c1-12(5-9-15)3-4-13(17)16-11-14(6-7-14)8-10-18-2/h12H,3-11,15H2,1-2H3,(H,16,17). The Bertz CT molecular complexity index is 252. The summed E-state index contributed by atoms with van der Waals surface area (Å²) in [6.07, 6.45) is 6.08. The average Bonchev–Trinajstić information content (AvgIpc) is 3.12. The Morgan fingerprint density at radius 2 is 2.17 bits per heavy atom. The molecule has 4 heteroatoms. The van der Waals surface area contributed by atoms with Crippen molar-refractivity contribution < 1.29 is 9.53 Å². The van der Waals surface area contributed by atoms with Crippen molar-refractivity contribution in [2.45, 2.75) is 45.4 Å². The molecule has 1 saturated carbocycles. The van der Waals surface area contributed by atoms with Crippen LogP contribution in [0.5, 0.6) is 0 Å². The van der Waals surface area contributed by atoms with Gasteiger partial charge in [-0.15, -0.1) is 0 Å². The number of hydrogen-bond donors (Lipinski definition) is 2. The first kappa shape index (κ1) is 15.4. The summed E-state index contributed by atoms with van der Waals surface area (Å²) in [5.74, 6) is 0.728. The minimum atomic E-state index is 0.183. The number of rotatable bonds is 10. The first-order valence-corrected chi connectivity index (χ1v) is 7.07. The molecule has 1 atom stereocenters. The van der Waals surface area contributed by atoms with Crippen LogP contribution in [0.1, 0.15) is 45.4 Å². The largest absolute Gasteiger partial charge is 0.385 e. The number of hydrogen-bond acceptors (Lipinski definition) is 3. The minimum absolute atomic E-state index is 0.183. The lowest BCUT2D eigenvalue weighted by Gasteiger charge is -2.16. The highest BCUT2D eigenvalue weighted by molar-refractivity contribution is 5.75. The van der Waals surface area contributed by atoms with Crippen LogP contribution in [0.4, 0.5) is 0 Å². The predicted molar refractivity (Wildman–Crippen MR) is 73.2 cm³/mol. The van der Waals surface area contributed by atoms with E-state index in [1.165, 1.54) is 12.8 Å². The maximum absolute atomic E-state index is 11.7. The molecule has 1 aliphatic carbocycles. The molecule has 1 aliphatic rings. The molecule has 0 aromatic rings. The quantitative estimate of drug-likeness (QED) is 0.625. The molecule has 1 rings (SSSR count). The van der Waals surface area contributed by atoms with Crippen LogP contribution in [0, 0.1) is 11.3 Å². The van der Waals surface area contributed by atoms with Crippen LogP contribution in [0.2, 0.25) is 0 Å². The lowest BCUT2D eigenvalue weighted by molar-refractivity contribution is -0.121. The third kappa shape index (κ3) is 5.83. The number of nitrogens with two attached hydrogens (primary N) is 1. The first-order chi connectivity index (χ1) is 8.62. The predicted octanol–water partition coefficient (Wildman–Crippen LogP) is 1.68. The molecule has 1 unspecified atom stereocenters. The summed E-state index contributed by atoms with van der Waals surface area (Å²) in [7, 11) is 1.73. The average molecular weight is 256 g/mol. The van der Waals surface area contributed by atoms with Crippen molar-refractivity contribution in [3.63, 3.8) is 0 Å². The summed E-state index contributed by atoms with van der Waals surface area (Å²) in [6.45, 7) is 4.48. The maximum Gasteiger partial charge on any atom is 0.220 e. The van der Waals surface area contributed by atoms with Gasteiger partial charge in [-0.1, -0.05) is 6.92 Å². The molecular formula is C14H28N2O2. The summed E-state index contributed by atoms with van der Waals surface area (Å²) in [6, 6.07) is 0. The van der Waals surface area contributed by atoms with Gasteiger partial charge in [0.2, 0.25) is 5.91 Å². The molecular weight excluding hydrogens is 228 g/mol. The van der Waals surface area contributed by atoms with Gasteiger partial charge in [0.15, 0.2) is 0 Å². The van der Waals surface area contributed by atoms with Gasteiger partial charge >= 0.3 is 0 Å². The molecule has 0 aliphatic heterocycles. The Morgan fingerprint density at radius 3 is 2.72 bits per heavy atom. The number of ether oxygens (including phenoxy) is 1. The smallest absolute Gasteiger partial charge is 0.220 e. The van der Waals surface area contributed by atoms with E-state index in [4.69, 9.17) is 10.5 Å². The van der Waals surface area contributed by atoms with Crippen molar-refractivity contribution in [2.24, 2.45) is 17.1 Å². The lowest BCUT2D eigenvalue weighted by Crippen LogP contribution is -2.31. The van der Waals surface area contributed by atoms with Crippen LogP contribution in [-0.2, 0) is 9.53 Å². The van der Waals surface area contributed by atoms with E-state index >= 15 is 0 Å². The Kier molecular flexibility index (Phi) is 6.65. The van der Waals surface area contributed by atoms with E-state index in [0.717, 1.165) is 32.4 Å². The molecule has 0 radical (unpaired) electrons. The number of amides is 1. The Labute approximate surface area is 111 Å². The van der Waals surface area contributed by atoms with E-state index < -0.39 is 0 Å². The molecule has 1 fully saturated rings. The number of carbonyl (C=O) groups excluding carboxylic acids is 1. The zero-order valence-electron chi connectivity index (χ0n) is 11.8. The Balaban J connectivity index is 2.10. The highest BCUT2D eigenvalue weighted by Gasteiger charge is 2.41. The zero-order valence-corrected chi connectivity index (χ0v) is 11.8. The van der Waals surface area contributed by atoms with Crippen molar-refractivity contribution in [1.29, 1.82) is 0 Å². The molecule has 0 aromatic heterocycles. The summed E-state index contributed by atoms with van der Waals surface area (Å²) in [4.78, 5) is 11.7. The van der Waals surface area contributed by atoms with Crippen LogP contribution < -0.4 is 11.1 Å². The van der Waals surface area contributed by atoms with Gasteiger partial charge in [-0.2, -0.15) is 0 Å². The Morgan fingerprint density at radius 1 is 1.44 bits per heavy atom. The van der Waals surface area contributed by atoms with Crippen LogP contribution in [-0.4, -0.2) is 32.7 Å². The van der Waals surface area contributed by atoms with Crippen molar-refractivity contribution in [2.75, 3.05) is 26.8 Å². The molecule has 0 saturated heterocycles. The van der Waals surface area contributed by atoms with E-state index in [2.05, 4.69) is 12.2 Å². The Hall–Kier alpha value is -0.610. The van der Waals surface area contributed by atoms with Crippen molar-refractivity contribution in [3.8, 4) is 0 Å². The molecule has 1 amide bonds. The van der Waals surface area contributed by atoms with Gasteiger partial charge in [0.1, 0.15) is 0 Å². The minimum Gasteiger partial charge on any atom is -0.385 e. The van der Waals surface area contributed by atoms with Crippen molar-refractivity contribution in [3.05, 3.63) is 0 Å². The van der Waals surface area contributed by atoms with E-state index in [1.54, 1.807) is 7.11 Å². The van der Waals surface area contributed by atoms with Gasteiger partial charge in [0, 0.05) is 26.7 Å². The van der Waals surface area contributed by atoms with E-state index in [-0.39, 0.29) is 5.91 Å². The van der Waals surface area contributed by atoms with E-state index in [9.17, 15) is 4.79 Å². The highest BCUT2D eigenvalue weighted by atomic mass is 16.5. The molecule has 0 bridgehead atoms. The van der Waals surface area contributed by atoms with Crippen LogP contribution in [0.3, 0.4) is 0 Å². The summed E-state index contributed by atoms with van der Waals surface area (Å²) in [5, 5.41) is 3.07. The molecule has 0 aromatic carbocycles. The van der Waals surface area contributed by atoms with Crippen molar-refractivity contribution in [1.82, 2.24) is 5.32 Å². The lowest BCUT2D eigenvalue weighted by atomic mass is 10.0. The maximum atomic E-state index is 11.7. The summed E-state index contributed by atoms with van der Waals surface area (Å²) in [5.41, 5.74) is 5.84. The highest BCUT2D eigenvalue weighted by Crippen LogP contribution is 2.48. The molecule has 106 valence electrons. The molecule has 0 spiro atoms. The van der Waals surface area contributed by atoms with Gasteiger partial charge < -0.3 is 15.8 Å². The SMILES string of the molecule is COCCC1(CNC(=O)CCC(C)CCN)CC1.